The number of rotatable bonds is 3. The molecule has 0 saturated heterocycles. The molecule has 2 rings (SSSR count). The number of aryl methyl sites for hydroxylation is 1. The highest BCUT2D eigenvalue weighted by molar-refractivity contribution is 9.10. The second-order valence-electron chi connectivity index (χ2n) is 4.11. The maximum Gasteiger partial charge on any atom is 0.262 e. The lowest BCUT2D eigenvalue weighted by molar-refractivity contribution is 0.579. The van der Waals surface area contributed by atoms with Crippen LogP contribution in [0.4, 0.5) is 14.5 Å². The van der Waals surface area contributed by atoms with Crippen LogP contribution in [0.25, 0.3) is 0 Å². The highest BCUT2D eigenvalue weighted by Crippen LogP contribution is 2.25. The molecule has 0 heterocycles. The first-order valence-corrected chi connectivity index (χ1v) is 7.82. The summed E-state index contributed by atoms with van der Waals surface area (Å²) in [4.78, 5) is -0.0824. The zero-order valence-corrected chi connectivity index (χ0v) is 12.7. The van der Waals surface area contributed by atoms with Crippen LogP contribution in [0.3, 0.4) is 0 Å². The molecule has 2 aromatic rings. The van der Waals surface area contributed by atoms with Gasteiger partial charge in [-0.1, -0.05) is 22.0 Å². The predicted molar refractivity (Wildman–Crippen MR) is 76.0 cm³/mol. The standard InChI is InChI=1S/C13H10BrF2NO2S/c1-8-2-7-11(15)13(12(8)16)17-20(18,19)10-5-3-9(14)4-6-10/h2-7,17H,1H3. The zero-order valence-electron chi connectivity index (χ0n) is 10.3. The fraction of sp³-hybridized carbons (Fsp3) is 0.0769. The lowest BCUT2D eigenvalue weighted by atomic mass is 10.2. The van der Waals surface area contributed by atoms with E-state index >= 15 is 0 Å². The van der Waals surface area contributed by atoms with Crippen molar-refractivity contribution < 1.29 is 17.2 Å². The monoisotopic (exact) mass is 361 g/mol. The number of anilines is 1. The van der Waals surface area contributed by atoms with Gasteiger partial charge in [-0.05, 0) is 42.8 Å². The SMILES string of the molecule is Cc1ccc(F)c(NS(=O)(=O)c2ccc(Br)cc2)c1F. The third kappa shape index (κ3) is 2.99. The quantitative estimate of drug-likeness (QED) is 0.902. The normalized spacial score (nSPS) is 11.4. The van der Waals surface area contributed by atoms with Crippen LogP contribution in [-0.2, 0) is 10.0 Å². The zero-order chi connectivity index (χ0) is 14.9. The predicted octanol–water partition coefficient (Wildman–Crippen LogP) is 3.84. The number of sulfonamides is 1. The number of halogens is 3. The van der Waals surface area contributed by atoms with Crippen molar-refractivity contribution in [3.05, 3.63) is 58.1 Å². The molecule has 0 aliphatic rings. The molecule has 0 unspecified atom stereocenters. The Balaban J connectivity index is 2.43. The molecule has 7 heteroatoms. The van der Waals surface area contributed by atoms with Crippen molar-refractivity contribution in [2.45, 2.75) is 11.8 Å². The van der Waals surface area contributed by atoms with Crippen LogP contribution in [0.2, 0.25) is 0 Å². The topological polar surface area (TPSA) is 46.2 Å². The van der Waals surface area contributed by atoms with E-state index in [0.29, 0.717) is 4.47 Å². The van der Waals surface area contributed by atoms with Crippen molar-refractivity contribution in [1.29, 1.82) is 0 Å². The molecule has 3 nitrogen and oxygen atoms in total. The van der Waals surface area contributed by atoms with E-state index in [1.54, 1.807) is 0 Å². The summed E-state index contributed by atoms with van der Waals surface area (Å²) in [6.45, 7) is 1.42. The van der Waals surface area contributed by atoms with Gasteiger partial charge in [-0.25, -0.2) is 17.2 Å². The van der Waals surface area contributed by atoms with E-state index in [4.69, 9.17) is 0 Å². The van der Waals surface area contributed by atoms with Gasteiger partial charge in [0.2, 0.25) is 0 Å². The van der Waals surface area contributed by atoms with E-state index in [1.807, 2.05) is 4.72 Å². The smallest absolute Gasteiger partial charge is 0.262 e. The third-order valence-electron chi connectivity index (χ3n) is 2.64. The summed E-state index contributed by atoms with van der Waals surface area (Å²) in [5, 5.41) is 0. The first kappa shape index (κ1) is 14.9. The number of nitrogens with one attached hydrogen (secondary N) is 1. The molecule has 0 amide bonds. The maximum atomic E-state index is 13.8. The van der Waals surface area contributed by atoms with Crippen molar-refractivity contribution in [2.24, 2.45) is 0 Å². The van der Waals surface area contributed by atoms with Crippen LogP contribution >= 0.6 is 15.9 Å². The number of hydrogen-bond acceptors (Lipinski definition) is 2. The Morgan fingerprint density at radius 3 is 2.25 bits per heavy atom. The Kier molecular flexibility index (Phi) is 4.10. The molecule has 0 spiro atoms. The second kappa shape index (κ2) is 5.49. The lowest BCUT2D eigenvalue weighted by Gasteiger charge is -2.11. The van der Waals surface area contributed by atoms with Gasteiger partial charge >= 0.3 is 0 Å². The molecule has 0 aliphatic carbocycles. The summed E-state index contributed by atoms with van der Waals surface area (Å²) < 4.78 is 54.1. The molecule has 0 fully saturated rings. The molecule has 0 atom stereocenters. The molecule has 2 aromatic carbocycles. The molecule has 1 N–H and O–H groups in total. The van der Waals surface area contributed by atoms with Gasteiger partial charge in [-0.15, -0.1) is 0 Å². The van der Waals surface area contributed by atoms with Gasteiger partial charge in [-0.2, -0.15) is 0 Å². The molecule has 0 bridgehead atoms. The van der Waals surface area contributed by atoms with Gasteiger partial charge in [0.25, 0.3) is 10.0 Å². The fourth-order valence-electron chi connectivity index (χ4n) is 1.56. The molecular formula is C13H10BrF2NO2S. The average molecular weight is 362 g/mol. The average Bonchev–Trinajstić information content (AvgIpc) is 2.40. The summed E-state index contributed by atoms with van der Waals surface area (Å²) in [6.07, 6.45) is 0. The molecular weight excluding hydrogens is 352 g/mol. The van der Waals surface area contributed by atoms with Crippen molar-refractivity contribution in [2.75, 3.05) is 4.72 Å². The van der Waals surface area contributed by atoms with E-state index in [-0.39, 0.29) is 10.5 Å². The van der Waals surface area contributed by atoms with Gasteiger partial charge in [0, 0.05) is 4.47 Å². The maximum absolute atomic E-state index is 13.8. The molecule has 0 aromatic heterocycles. The van der Waals surface area contributed by atoms with Crippen LogP contribution in [0.1, 0.15) is 5.56 Å². The molecule has 0 radical (unpaired) electrons. The van der Waals surface area contributed by atoms with Gasteiger partial charge < -0.3 is 0 Å². The van der Waals surface area contributed by atoms with Crippen molar-refractivity contribution in [1.82, 2.24) is 0 Å². The Hall–Kier alpha value is -1.47. The Morgan fingerprint density at radius 1 is 1.05 bits per heavy atom. The minimum Gasteiger partial charge on any atom is -0.274 e. The van der Waals surface area contributed by atoms with Crippen LogP contribution < -0.4 is 4.72 Å². The van der Waals surface area contributed by atoms with E-state index < -0.39 is 27.3 Å². The Bertz CT molecular complexity index is 746. The van der Waals surface area contributed by atoms with Gasteiger partial charge in [0.05, 0.1) is 4.90 Å². The Labute approximate surface area is 123 Å². The number of hydrogen-bond donors (Lipinski definition) is 1. The van der Waals surface area contributed by atoms with E-state index in [0.717, 1.165) is 6.07 Å². The van der Waals surface area contributed by atoms with E-state index in [1.165, 1.54) is 37.3 Å². The first-order valence-electron chi connectivity index (χ1n) is 5.54. The molecule has 0 saturated carbocycles. The third-order valence-corrected chi connectivity index (χ3v) is 4.54. The van der Waals surface area contributed by atoms with Crippen molar-refractivity contribution in [3.8, 4) is 0 Å². The largest absolute Gasteiger partial charge is 0.274 e. The molecule has 0 aliphatic heterocycles. The van der Waals surface area contributed by atoms with Crippen molar-refractivity contribution >= 4 is 31.6 Å². The highest BCUT2D eigenvalue weighted by atomic mass is 79.9. The summed E-state index contributed by atoms with van der Waals surface area (Å²) >= 11 is 3.18. The minimum absolute atomic E-state index is 0.0824. The summed E-state index contributed by atoms with van der Waals surface area (Å²) in [6, 6.07) is 7.96. The number of benzene rings is 2. The van der Waals surface area contributed by atoms with Crippen LogP contribution in [-0.4, -0.2) is 8.42 Å². The van der Waals surface area contributed by atoms with Crippen LogP contribution in [0.5, 0.6) is 0 Å². The highest BCUT2D eigenvalue weighted by Gasteiger charge is 2.20. The van der Waals surface area contributed by atoms with Gasteiger partial charge in [0.15, 0.2) is 5.82 Å². The summed E-state index contributed by atoms with van der Waals surface area (Å²) in [5.41, 5.74) is -0.521. The summed E-state index contributed by atoms with van der Waals surface area (Å²) in [5.74, 6) is -1.89. The lowest BCUT2D eigenvalue weighted by Crippen LogP contribution is -2.15. The Morgan fingerprint density at radius 2 is 1.65 bits per heavy atom. The second-order valence-corrected chi connectivity index (χ2v) is 6.71. The first-order chi connectivity index (χ1) is 9.31. The van der Waals surface area contributed by atoms with Crippen molar-refractivity contribution in [3.63, 3.8) is 0 Å². The van der Waals surface area contributed by atoms with E-state index in [9.17, 15) is 17.2 Å². The van der Waals surface area contributed by atoms with E-state index in [2.05, 4.69) is 15.9 Å². The van der Waals surface area contributed by atoms with Gasteiger partial charge in [0.1, 0.15) is 11.5 Å². The van der Waals surface area contributed by atoms with Gasteiger partial charge in [-0.3, -0.25) is 4.72 Å². The molecule has 20 heavy (non-hydrogen) atoms. The minimum atomic E-state index is -4.04. The van der Waals surface area contributed by atoms with Crippen LogP contribution in [0.15, 0.2) is 45.8 Å². The summed E-state index contributed by atoms with van der Waals surface area (Å²) in [7, 11) is -4.04. The van der Waals surface area contributed by atoms with Crippen LogP contribution in [0, 0.1) is 18.6 Å². The fourth-order valence-corrected chi connectivity index (χ4v) is 2.89. The molecule has 106 valence electrons.